The van der Waals surface area contributed by atoms with E-state index < -0.39 is 0 Å². The Labute approximate surface area is 123 Å². The van der Waals surface area contributed by atoms with E-state index in [0.29, 0.717) is 12.5 Å². The summed E-state index contributed by atoms with van der Waals surface area (Å²) in [5.74, 6) is 6.89. The van der Waals surface area contributed by atoms with Gasteiger partial charge < -0.3 is 4.84 Å². The van der Waals surface area contributed by atoms with Crippen molar-refractivity contribution < 1.29 is 4.84 Å². The fourth-order valence-electron chi connectivity index (χ4n) is 2.55. The number of piperidine rings is 1. The molecule has 0 amide bonds. The van der Waals surface area contributed by atoms with Crippen LogP contribution in [0.4, 0.5) is 0 Å². The molecule has 2 bridgehead atoms. The number of fused-ring (bicyclic) bond motifs is 2. The average Bonchev–Trinajstić information content (AvgIpc) is 3.17. The fourth-order valence-corrected chi connectivity index (χ4v) is 3.12. The van der Waals surface area contributed by atoms with Gasteiger partial charge in [0.05, 0.1) is 10.6 Å². The van der Waals surface area contributed by atoms with Crippen LogP contribution in [-0.4, -0.2) is 36.9 Å². The maximum absolute atomic E-state index is 5.40. The van der Waals surface area contributed by atoms with E-state index in [1.807, 2.05) is 30.5 Å². The molecule has 1 aromatic rings. The number of thiophene rings is 1. The van der Waals surface area contributed by atoms with Gasteiger partial charge in [0, 0.05) is 19.0 Å². The van der Waals surface area contributed by atoms with Crippen molar-refractivity contribution in [1.82, 2.24) is 4.90 Å². The Bertz CT molecular complexity index is 577. The molecule has 2 aliphatic heterocycles. The van der Waals surface area contributed by atoms with Crippen molar-refractivity contribution in [3.63, 3.8) is 0 Å². The van der Waals surface area contributed by atoms with E-state index in [0.717, 1.165) is 17.0 Å². The number of hydrogen-bond acceptors (Lipinski definition) is 4. The van der Waals surface area contributed by atoms with Crippen molar-refractivity contribution in [2.24, 2.45) is 11.1 Å². The molecule has 0 saturated carbocycles. The molecule has 3 rings (SSSR count). The van der Waals surface area contributed by atoms with E-state index in [2.05, 4.69) is 21.9 Å². The summed E-state index contributed by atoms with van der Waals surface area (Å²) in [5, 5.41) is 6.31. The molecule has 3 heterocycles. The maximum atomic E-state index is 5.40. The Morgan fingerprint density at radius 3 is 3.30 bits per heavy atom. The zero-order valence-corrected chi connectivity index (χ0v) is 12.4. The minimum atomic E-state index is 0.501. The highest BCUT2D eigenvalue weighted by molar-refractivity contribution is 7.10. The van der Waals surface area contributed by atoms with Crippen molar-refractivity contribution in [3.8, 4) is 11.8 Å². The highest BCUT2D eigenvalue weighted by atomic mass is 32.1. The van der Waals surface area contributed by atoms with Gasteiger partial charge in [-0.2, -0.15) is 0 Å². The van der Waals surface area contributed by atoms with Crippen LogP contribution in [0, 0.1) is 17.8 Å². The van der Waals surface area contributed by atoms with E-state index >= 15 is 0 Å². The molecule has 20 heavy (non-hydrogen) atoms. The van der Waals surface area contributed by atoms with Gasteiger partial charge in [-0.05, 0) is 43.0 Å². The summed E-state index contributed by atoms with van der Waals surface area (Å²) in [6.07, 6.45) is 3.22. The zero-order valence-electron chi connectivity index (χ0n) is 11.6. The Kier molecular flexibility index (Phi) is 4.19. The Morgan fingerprint density at radius 1 is 1.65 bits per heavy atom. The van der Waals surface area contributed by atoms with E-state index in [1.165, 1.54) is 25.2 Å². The molecule has 2 unspecified atom stereocenters. The highest BCUT2D eigenvalue weighted by Crippen LogP contribution is 2.25. The summed E-state index contributed by atoms with van der Waals surface area (Å²) >= 11 is 1.66. The molecule has 2 fully saturated rings. The van der Waals surface area contributed by atoms with Gasteiger partial charge in [-0.25, -0.2) is 0 Å². The van der Waals surface area contributed by atoms with Crippen molar-refractivity contribution in [3.05, 3.63) is 34.0 Å². The quantitative estimate of drug-likeness (QED) is 0.485. The third-order valence-corrected chi connectivity index (χ3v) is 4.46. The second-order valence-electron chi connectivity index (χ2n) is 5.21. The number of rotatable bonds is 3. The fraction of sp³-hybridized carbons (Fsp3) is 0.438. The van der Waals surface area contributed by atoms with Gasteiger partial charge in [0.15, 0.2) is 0 Å². The minimum Gasteiger partial charge on any atom is -0.392 e. The lowest BCUT2D eigenvalue weighted by molar-refractivity contribution is 0.171. The van der Waals surface area contributed by atoms with Crippen LogP contribution in [0.5, 0.6) is 0 Å². The molecule has 2 aliphatic rings. The smallest absolute Gasteiger partial charge is 0.136 e. The zero-order chi connectivity index (χ0) is 13.8. The number of oxime groups is 1. The first-order valence-electron chi connectivity index (χ1n) is 6.94. The predicted molar refractivity (Wildman–Crippen MR) is 82.9 cm³/mol. The van der Waals surface area contributed by atoms with Crippen molar-refractivity contribution >= 4 is 17.0 Å². The van der Waals surface area contributed by atoms with E-state index in [9.17, 15) is 0 Å². The summed E-state index contributed by atoms with van der Waals surface area (Å²) in [6, 6.07) is 4.04. The Hall–Kier alpha value is -1.57. The standard InChI is InChI=1S/C16H18N2OS/c1-13(4-5-15-3-2-10-20-15)7-9-19-17-16-12-18-8-6-14(16)11-18/h2-3,7,10,14H,6,8-9,11-12H2,1H3/b13-7+,17-16-. The molecule has 104 valence electrons. The predicted octanol–water partition coefficient (Wildman–Crippen LogP) is 2.75. The SMILES string of the molecule is C/C(C#Cc1cccs1)=C\CO/N=C1/CN2CCC1C2. The number of hydrogen-bond donors (Lipinski definition) is 0. The van der Waals surface area contributed by atoms with Gasteiger partial charge in [0.25, 0.3) is 0 Å². The molecule has 0 spiro atoms. The Balaban J connectivity index is 1.47. The molecule has 1 aromatic heterocycles. The normalized spacial score (nSPS) is 26.6. The molecule has 3 nitrogen and oxygen atoms in total. The highest BCUT2D eigenvalue weighted by Gasteiger charge is 2.35. The molecule has 2 atom stereocenters. The third kappa shape index (κ3) is 3.30. The van der Waals surface area contributed by atoms with Crippen LogP contribution in [0.3, 0.4) is 0 Å². The maximum Gasteiger partial charge on any atom is 0.136 e. The summed E-state index contributed by atoms with van der Waals surface area (Å²) in [7, 11) is 0. The monoisotopic (exact) mass is 286 g/mol. The Morgan fingerprint density at radius 2 is 2.60 bits per heavy atom. The van der Waals surface area contributed by atoms with E-state index in [1.54, 1.807) is 11.3 Å². The molecule has 0 aromatic carbocycles. The lowest BCUT2D eigenvalue weighted by Gasteiger charge is -2.12. The molecular weight excluding hydrogens is 268 g/mol. The third-order valence-electron chi connectivity index (χ3n) is 3.68. The van der Waals surface area contributed by atoms with Gasteiger partial charge >= 0.3 is 0 Å². The van der Waals surface area contributed by atoms with Gasteiger partial charge in [0.2, 0.25) is 0 Å². The lowest BCUT2D eigenvalue weighted by Crippen LogP contribution is -2.23. The summed E-state index contributed by atoms with van der Waals surface area (Å²) in [4.78, 5) is 8.92. The molecule has 0 radical (unpaired) electrons. The van der Waals surface area contributed by atoms with Gasteiger partial charge in [-0.3, -0.25) is 4.90 Å². The van der Waals surface area contributed by atoms with Crippen LogP contribution in [0.15, 0.2) is 34.3 Å². The second-order valence-corrected chi connectivity index (χ2v) is 6.16. The summed E-state index contributed by atoms with van der Waals surface area (Å²) in [6.45, 7) is 5.89. The topological polar surface area (TPSA) is 24.8 Å². The van der Waals surface area contributed by atoms with Crippen LogP contribution < -0.4 is 0 Å². The van der Waals surface area contributed by atoms with Gasteiger partial charge in [-0.15, -0.1) is 11.3 Å². The number of allylic oxidation sites excluding steroid dienone is 1. The molecule has 4 heteroatoms. The molecule has 0 N–H and O–H groups in total. The van der Waals surface area contributed by atoms with Crippen LogP contribution >= 0.6 is 11.3 Å². The first-order chi connectivity index (χ1) is 9.81. The molecular formula is C16H18N2OS. The van der Waals surface area contributed by atoms with Crippen molar-refractivity contribution in [2.75, 3.05) is 26.2 Å². The first-order valence-corrected chi connectivity index (χ1v) is 7.82. The number of nitrogens with zero attached hydrogens (tertiary/aromatic N) is 2. The second kappa shape index (κ2) is 6.25. The first kappa shape index (κ1) is 13.4. The van der Waals surface area contributed by atoms with Gasteiger partial charge in [0.1, 0.15) is 6.61 Å². The van der Waals surface area contributed by atoms with Crippen molar-refractivity contribution in [1.29, 1.82) is 0 Å². The van der Waals surface area contributed by atoms with E-state index in [4.69, 9.17) is 4.84 Å². The largest absolute Gasteiger partial charge is 0.392 e. The molecule has 0 aliphatic carbocycles. The van der Waals surface area contributed by atoms with E-state index in [-0.39, 0.29) is 0 Å². The summed E-state index contributed by atoms with van der Waals surface area (Å²) < 4.78 is 0. The van der Waals surface area contributed by atoms with Crippen LogP contribution in [0.1, 0.15) is 18.2 Å². The van der Waals surface area contributed by atoms with Crippen LogP contribution in [0.25, 0.3) is 0 Å². The minimum absolute atomic E-state index is 0.501. The average molecular weight is 286 g/mol. The van der Waals surface area contributed by atoms with Crippen molar-refractivity contribution in [2.45, 2.75) is 13.3 Å². The van der Waals surface area contributed by atoms with Gasteiger partial charge in [-0.1, -0.05) is 23.1 Å². The van der Waals surface area contributed by atoms with Crippen LogP contribution in [-0.2, 0) is 4.84 Å². The molecule has 2 saturated heterocycles. The van der Waals surface area contributed by atoms with Crippen LogP contribution in [0.2, 0.25) is 0 Å². The lowest BCUT2D eigenvalue weighted by atomic mass is 10.0. The summed E-state index contributed by atoms with van der Waals surface area (Å²) in [5.41, 5.74) is 2.24.